The topological polar surface area (TPSA) is 339 Å². The SMILES string of the molecule is O=[N+]([O-])[O-].O=[N+]([O-])[O-].O=[N+]([O-])c1ccccc1S(=O)(=O)Nc1cc[nH+]cc1.O=[N+]([O-])c1ccccc1S(=O)(=O)Nc1cc[nH+]cc1. The van der Waals surface area contributed by atoms with Crippen LogP contribution >= 0.6 is 0 Å². The predicted octanol–water partition coefficient (Wildman–Crippen LogP) is 1.94. The number of aromatic nitrogens is 2. The number of nitro benzene ring substituents is 2. The number of nitrogens with zero attached hydrogens (tertiary/aromatic N) is 4. The Morgan fingerprint density at radius 1 is 0.478 bits per heavy atom. The summed E-state index contributed by atoms with van der Waals surface area (Å²) in [5.41, 5.74) is -0.288. The summed E-state index contributed by atoms with van der Waals surface area (Å²) in [6.07, 6.45) is 6.16. The second-order valence-electron chi connectivity index (χ2n) is 7.69. The van der Waals surface area contributed by atoms with Crippen LogP contribution in [0.4, 0.5) is 22.7 Å². The van der Waals surface area contributed by atoms with E-state index in [1.54, 1.807) is 0 Å². The van der Waals surface area contributed by atoms with Crippen molar-refractivity contribution in [2.45, 2.75) is 9.79 Å². The van der Waals surface area contributed by atoms with Crippen LogP contribution in [0.15, 0.2) is 107 Å². The van der Waals surface area contributed by atoms with Crippen molar-refractivity contribution in [3.63, 3.8) is 0 Å². The third-order valence-corrected chi connectivity index (χ3v) is 7.50. The zero-order valence-corrected chi connectivity index (χ0v) is 24.2. The molecule has 0 bridgehead atoms. The highest BCUT2D eigenvalue weighted by Gasteiger charge is 2.26. The van der Waals surface area contributed by atoms with Gasteiger partial charge in [0.15, 0.2) is 34.6 Å². The number of anilines is 2. The summed E-state index contributed by atoms with van der Waals surface area (Å²) in [5.74, 6) is 0. The molecule has 244 valence electrons. The largest absolute Gasteiger partial charge is 0.356 e. The molecule has 2 aromatic carbocycles. The van der Waals surface area contributed by atoms with E-state index in [1.807, 2.05) is 0 Å². The molecule has 24 heteroatoms. The first-order valence-electron chi connectivity index (χ1n) is 11.6. The number of sulfonamides is 2. The molecule has 0 aliphatic rings. The minimum atomic E-state index is -3.99. The number of H-pyrrole nitrogens is 2. The van der Waals surface area contributed by atoms with E-state index in [-0.39, 0.29) is 9.79 Å². The van der Waals surface area contributed by atoms with Gasteiger partial charge in [-0.15, -0.1) is 0 Å². The lowest BCUT2D eigenvalue weighted by molar-refractivity contribution is -0.403. The molecule has 2 heterocycles. The number of nitrogens with one attached hydrogen (secondary N) is 4. The normalized spacial score (nSPS) is 10.1. The lowest BCUT2D eigenvalue weighted by atomic mass is 10.3. The molecule has 0 radical (unpaired) electrons. The Morgan fingerprint density at radius 3 is 1.00 bits per heavy atom. The van der Waals surface area contributed by atoms with E-state index in [0.29, 0.717) is 11.4 Å². The maximum atomic E-state index is 12.1. The molecule has 0 saturated heterocycles. The van der Waals surface area contributed by atoms with E-state index in [2.05, 4.69) is 19.4 Å². The highest BCUT2D eigenvalue weighted by atomic mass is 32.2. The second kappa shape index (κ2) is 17.5. The Labute approximate surface area is 257 Å². The summed E-state index contributed by atoms with van der Waals surface area (Å²) in [5, 5.41) is 51.2. The first kappa shape index (κ1) is 37.5. The maximum Gasteiger partial charge on any atom is 0.289 e. The molecule has 0 atom stereocenters. The highest BCUT2D eigenvalue weighted by molar-refractivity contribution is 7.93. The molecule has 22 nitrogen and oxygen atoms in total. The molecule has 46 heavy (non-hydrogen) atoms. The first-order valence-corrected chi connectivity index (χ1v) is 14.5. The van der Waals surface area contributed by atoms with Gasteiger partial charge in [0.25, 0.3) is 31.4 Å². The summed E-state index contributed by atoms with van der Waals surface area (Å²) >= 11 is 0. The monoisotopic (exact) mass is 684 g/mol. The van der Waals surface area contributed by atoms with Crippen molar-refractivity contribution < 1.29 is 46.8 Å². The standard InChI is InChI=1S/2C11H9N3O4S.2NO3/c2*15-14(16)10-3-1-2-4-11(10)19(17,18)13-9-5-7-12-8-6-9;2*2-1(3)4/h2*1-8H,(H,12,13);;/q;;2*-1/p+2. The zero-order valence-electron chi connectivity index (χ0n) is 22.6. The van der Waals surface area contributed by atoms with Gasteiger partial charge >= 0.3 is 0 Å². The summed E-state index contributed by atoms with van der Waals surface area (Å²) in [4.78, 5) is 41.5. The van der Waals surface area contributed by atoms with Gasteiger partial charge in [0.2, 0.25) is 0 Å². The zero-order chi connectivity index (χ0) is 34.9. The van der Waals surface area contributed by atoms with Gasteiger partial charge in [-0.05, 0) is 12.1 Å². The number of rotatable bonds is 8. The van der Waals surface area contributed by atoms with Crippen molar-refractivity contribution in [3.05, 3.63) is 148 Å². The van der Waals surface area contributed by atoms with Gasteiger partial charge in [-0.25, -0.2) is 26.8 Å². The average Bonchev–Trinajstić information content (AvgIpc) is 2.97. The summed E-state index contributed by atoms with van der Waals surface area (Å²) in [6.45, 7) is 0. The first-order chi connectivity index (χ1) is 21.5. The fourth-order valence-electron chi connectivity index (χ4n) is 3.00. The van der Waals surface area contributed by atoms with Gasteiger partial charge in [-0.1, -0.05) is 24.3 Å². The van der Waals surface area contributed by atoms with E-state index >= 15 is 0 Å². The predicted molar refractivity (Wildman–Crippen MR) is 155 cm³/mol. The maximum absolute atomic E-state index is 12.1. The fourth-order valence-corrected chi connectivity index (χ4v) is 5.46. The number of hydrogen-bond donors (Lipinski definition) is 2. The molecule has 0 aliphatic heterocycles. The molecule has 4 rings (SSSR count). The van der Waals surface area contributed by atoms with Gasteiger partial charge in [0, 0.05) is 36.4 Å². The minimum Gasteiger partial charge on any atom is -0.356 e. The van der Waals surface area contributed by atoms with Crippen molar-refractivity contribution >= 4 is 42.8 Å². The fraction of sp³-hybridized carbons (Fsp3) is 0. The van der Waals surface area contributed by atoms with Gasteiger partial charge in [-0.2, -0.15) is 0 Å². The Bertz CT molecular complexity index is 1720. The molecule has 0 spiro atoms. The van der Waals surface area contributed by atoms with Crippen LogP contribution in [0, 0.1) is 50.9 Å². The highest BCUT2D eigenvalue weighted by Crippen LogP contribution is 2.26. The van der Waals surface area contributed by atoms with Crippen LogP contribution in [0.1, 0.15) is 0 Å². The molecule has 4 aromatic rings. The lowest BCUT2D eigenvalue weighted by Crippen LogP contribution is -2.15. The molecule has 2 aromatic heterocycles. The van der Waals surface area contributed by atoms with Gasteiger partial charge < -0.3 is 30.6 Å². The van der Waals surface area contributed by atoms with Crippen LogP contribution in [0.5, 0.6) is 0 Å². The van der Waals surface area contributed by atoms with Gasteiger partial charge in [0.05, 0.1) is 31.4 Å². The minimum absolute atomic E-state index is 0.317. The van der Waals surface area contributed by atoms with Gasteiger partial charge in [0.1, 0.15) is 0 Å². The van der Waals surface area contributed by atoms with Crippen LogP contribution in [0.25, 0.3) is 0 Å². The molecular weight excluding hydrogens is 664 g/mol. The molecule has 0 aliphatic carbocycles. The third-order valence-electron chi connectivity index (χ3n) is 4.64. The third kappa shape index (κ3) is 13.2. The Morgan fingerprint density at radius 2 is 0.739 bits per heavy atom. The van der Waals surface area contributed by atoms with E-state index in [4.69, 9.17) is 30.6 Å². The van der Waals surface area contributed by atoms with E-state index in [0.717, 1.165) is 12.1 Å². The quantitative estimate of drug-likeness (QED) is 0.198. The smallest absolute Gasteiger partial charge is 0.289 e. The van der Waals surface area contributed by atoms with Crippen LogP contribution in [0.3, 0.4) is 0 Å². The van der Waals surface area contributed by atoms with Crippen LogP contribution in [0.2, 0.25) is 0 Å². The number of aromatic amines is 2. The average molecular weight is 685 g/mol. The number of benzene rings is 2. The van der Waals surface area contributed by atoms with E-state index in [9.17, 15) is 37.1 Å². The Kier molecular flexibility index (Phi) is 14.3. The van der Waals surface area contributed by atoms with Crippen molar-refractivity contribution in [3.8, 4) is 0 Å². The van der Waals surface area contributed by atoms with Crippen LogP contribution in [-0.4, -0.2) is 36.9 Å². The van der Waals surface area contributed by atoms with E-state index in [1.165, 1.54) is 85.5 Å². The summed E-state index contributed by atoms with van der Waals surface area (Å²) < 4.78 is 53.0. The Balaban J connectivity index is 0.000000374. The number of nitro groups is 2. The number of para-hydroxylation sites is 2. The Hall–Kier alpha value is -6.56. The molecule has 0 saturated carbocycles. The van der Waals surface area contributed by atoms with E-state index < -0.39 is 51.4 Å². The number of pyridine rings is 2. The van der Waals surface area contributed by atoms with Crippen molar-refractivity contribution in [1.82, 2.24) is 0 Å². The van der Waals surface area contributed by atoms with Crippen LogP contribution < -0.4 is 19.4 Å². The lowest BCUT2D eigenvalue weighted by Gasteiger charge is -2.07. The summed E-state index contributed by atoms with van der Waals surface area (Å²) in [6, 6.07) is 16.4. The van der Waals surface area contributed by atoms with Crippen molar-refractivity contribution in [2.75, 3.05) is 9.44 Å². The molecular formula is C22H20N8O14S2. The number of hydrogen-bond acceptors (Lipinski definition) is 14. The van der Waals surface area contributed by atoms with Crippen molar-refractivity contribution in [1.29, 1.82) is 0 Å². The molecule has 0 fully saturated rings. The van der Waals surface area contributed by atoms with Crippen LogP contribution in [-0.2, 0) is 20.0 Å². The molecule has 4 N–H and O–H groups in total. The molecule has 0 unspecified atom stereocenters. The van der Waals surface area contributed by atoms with Gasteiger partial charge in [-0.3, -0.25) is 29.7 Å². The second-order valence-corrected chi connectivity index (χ2v) is 11.0. The molecule has 0 amide bonds. The summed E-state index contributed by atoms with van der Waals surface area (Å²) in [7, 11) is -7.99. The van der Waals surface area contributed by atoms with Crippen molar-refractivity contribution in [2.24, 2.45) is 0 Å².